The molecule has 0 atom stereocenters. The summed E-state index contributed by atoms with van der Waals surface area (Å²) in [6.45, 7) is 3.28. The summed E-state index contributed by atoms with van der Waals surface area (Å²) in [7, 11) is 0. The molecule has 0 radical (unpaired) electrons. The minimum atomic E-state index is 0.267. The van der Waals surface area contributed by atoms with Crippen LogP contribution in [0.2, 0.25) is 0 Å². The molecule has 0 spiro atoms. The standard InChI is InChI=1S/C14H22N2OS/c17-14(16-9-3-1-2-4-10-16)12-15-8-7-13-6-5-11-18-13/h5-6,11,15H,1-4,7-10,12H2. The molecule has 1 saturated heterocycles. The zero-order valence-corrected chi connectivity index (χ0v) is 11.7. The zero-order chi connectivity index (χ0) is 12.6. The highest BCUT2D eigenvalue weighted by Gasteiger charge is 2.14. The second-order valence-corrected chi connectivity index (χ2v) is 5.83. The van der Waals surface area contributed by atoms with Crippen LogP contribution in [0.3, 0.4) is 0 Å². The van der Waals surface area contributed by atoms with Crippen LogP contribution < -0.4 is 5.32 Å². The quantitative estimate of drug-likeness (QED) is 0.829. The van der Waals surface area contributed by atoms with Crippen molar-refractivity contribution in [2.24, 2.45) is 0 Å². The van der Waals surface area contributed by atoms with E-state index >= 15 is 0 Å². The van der Waals surface area contributed by atoms with Gasteiger partial charge in [0.1, 0.15) is 0 Å². The molecule has 2 heterocycles. The molecule has 0 aromatic carbocycles. The van der Waals surface area contributed by atoms with Crippen molar-refractivity contribution < 1.29 is 4.79 Å². The Morgan fingerprint density at radius 3 is 2.72 bits per heavy atom. The van der Waals surface area contributed by atoms with Gasteiger partial charge in [-0.25, -0.2) is 0 Å². The molecular weight excluding hydrogens is 244 g/mol. The minimum Gasteiger partial charge on any atom is -0.342 e. The molecule has 1 aromatic heterocycles. The number of carbonyl (C=O) groups excluding carboxylic acids is 1. The molecule has 0 unspecified atom stereocenters. The van der Waals surface area contributed by atoms with Gasteiger partial charge in [0.25, 0.3) is 0 Å². The maximum atomic E-state index is 12.0. The summed E-state index contributed by atoms with van der Waals surface area (Å²) in [5, 5.41) is 5.35. The summed E-state index contributed by atoms with van der Waals surface area (Å²) in [5.74, 6) is 0.267. The van der Waals surface area contributed by atoms with Gasteiger partial charge in [-0.05, 0) is 30.7 Å². The van der Waals surface area contributed by atoms with E-state index in [2.05, 4.69) is 22.8 Å². The van der Waals surface area contributed by atoms with Crippen LogP contribution in [0.5, 0.6) is 0 Å². The molecule has 0 bridgehead atoms. The van der Waals surface area contributed by atoms with E-state index in [1.54, 1.807) is 11.3 Å². The van der Waals surface area contributed by atoms with Gasteiger partial charge in [0.2, 0.25) is 5.91 Å². The van der Waals surface area contributed by atoms with E-state index in [0.717, 1.165) is 26.1 Å². The summed E-state index contributed by atoms with van der Waals surface area (Å²) in [4.78, 5) is 15.4. The summed E-state index contributed by atoms with van der Waals surface area (Å²) in [5.41, 5.74) is 0. The zero-order valence-electron chi connectivity index (χ0n) is 10.9. The number of thiophene rings is 1. The number of hydrogen-bond donors (Lipinski definition) is 1. The van der Waals surface area contributed by atoms with Gasteiger partial charge in [-0.2, -0.15) is 0 Å². The molecule has 1 aliphatic rings. The van der Waals surface area contributed by atoms with Crippen LogP contribution in [0, 0.1) is 0 Å². The van der Waals surface area contributed by atoms with Crippen LogP contribution in [-0.4, -0.2) is 37.0 Å². The molecule has 18 heavy (non-hydrogen) atoms. The lowest BCUT2D eigenvalue weighted by atomic mass is 10.2. The second-order valence-electron chi connectivity index (χ2n) is 4.80. The van der Waals surface area contributed by atoms with E-state index in [4.69, 9.17) is 0 Å². The number of amides is 1. The normalized spacial score (nSPS) is 16.6. The first-order valence-electron chi connectivity index (χ1n) is 6.87. The third kappa shape index (κ3) is 4.42. The van der Waals surface area contributed by atoms with E-state index in [1.165, 1.54) is 30.6 Å². The van der Waals surface area contributed by atoms with E-state index in [1.807, 2.05) is 4.90 Å². The summed E-state index contributed by atoms with van der Waals surface area (Å²) < 4.78 is 0. The van der Waals surface area contributed by atoms with Crippen molar-refractivity contribution >= 4 is 17.2 Å². The number of hydrogen-bond acceptors (Lipinski definition) is 3. The van der Waals surface area contributed by atoms with Gasteiger partial charge in [-0.15, -0.1) is 11.3 Å². The number of carbonyl (C=O) groups is 1. The van der Waals surface area contributed by atoms with Gasteiger partial charge in [0.05, 0.1) is 6.54 Å². The second kappa shape index (κ2) is 7.54. The summed E-state index contributed by atoms with van der Waals surface area (Å²) in [6, 6.07) is 4.21. The van der Waals surface area contributed by atoms with Crippen molar-refractivity contribution in [2.45, 2.75) is 32.1 Å². The van der Waals surface area contributed by atoms with Crippen LogP contribution in [0.1, 0.15) is 30.6 Å². The van der Waals surface area contributed by atoms with Crippen LogP contribution in [0.15, 0.2) is 17.5 Å². The molecule has 0 aliphatic carbocycles. The molecule has 1 aromatic rings. The topological polar surface area (TPSA) is 32.3 Å². The lowest BCUT2D eigenvalue weighted by Gasteiger charge is -2.20. The molecule has 1 aliphatic heterocycles. The molecule has 1 amide bonds. The molecule has 1 fully saturated rings. The Morgan fingerprint density at radius 1 is 1.28 bits per heavy atom. The highest BCUT2D eigenvalue weighted by molar-refractivity contribution is 7.09. The van der Waals surface area contributed by atoms with Crippen molar-refractivity contribution in [3.8, 4) is 0 Å². The van der Waals surface area contributed by atoms with E-state index < -0.39 is 0 Å². The first-order valence-corrected chi connectivity index (χ1v) is 7.75. The Morgan fingerprint density at radius 2 is 2.06 bits per heavy atom. The third-order valence-electron chi connectivity index (χ3n) is 3.36. The highest BCUT2D eigenvalue weighted by atomic mass is 32.1. The van der Waals surface area contributed by atoms with Crippen molar-refractivity contribution in [2.75, 3.05) is 26.2 Å². The minimum absolute atomic E-state index is 0.267. The Bertz CT molecular complexity index is 343. The van der Waals surface area contributed by atoms with Gasteiger partial charge in [-0.1, -0.05) is 18.9 Å². The first-order chi connectivity index (χ1) is 8.86. The van der Waals surface area contributed by atoms with Gasteiger partial charge < -0.3 is 10.2 Å². The van der Waals surface area contributed by atoms with Gasteiger partial charge >= 0.3 is 0 Å². The molecule has 1 N–H and O–H groups in total. The number of nitrogens with one attached hydrogen (secondary N) is 1. The van der Waals surface area contributed by atoms with Crippen molar-refractivity contribution in [1.82, 2.24) is 10.2 Å². The lowest BCUT2D eigenvalue weighted by Crippen LogP contribution is -2.39. The molecule has 2 rings (SSSR count). The fourth-order valence-electron chi connectivity index (χ4n) is 2.29. The van der Waals surface area contributed by atoms with Crippen molar-refractivity contribution in [1.29, 1.82) is 0 Å². The lowest BCUT2D eigenvalue weighted by molar-refractivity contribution is -0.130. The number of rotatable bonds is 5. The Labute approximate surface area is 113 Å². The summed E-state index contributed by atoms with van der Waals surface area (Å²) in [6.07, 6.45) is 5.90. The summed E-state index contributed by atoms with van der Waals surface area (Å²) >= 11 is 1.78. The van der Waals surface area contributed by atoms with Gasteiger partial charge in [0.15, 0.2) is 0 Å². The Kier molecular flexibility index (Phi) is 5.68. The fraction of sp³-hybridized carbons (Fsp3) is 0.643. The SMILES string of the molecule is O=C(CNCCc1cccs1)N1CCCCCC1. The predicted molar refractivity (Wildman–Crippen MR) is 75.9 cm³/mol. The average molecular weight is 266 g/mol. The largest absolute Gasteiger partial charge is 0.342 e. The Hall–Kier alpha value is -0.870. The Balaban J connectivity index is 1.61. The molecule has 100 valence electrons. The van der Waals surface area contributed by atoms with Crippen LogP contribution in [-0.2, 0) is 11.2 Å². The maximum Gasteiger partial charge on any atom is 0.236 e. The van der Waals surface area contributed by atoms with E-state index in [9.17, 15) is 4.79 Å². The average Bonchev–Trinajstić information content (AvgIpc) is 2.74. The fourth-order valence-corrected chi connectivity index (χ4v) is 3.00. The van der Waals surface area contributed by atoms with Crippen molar-refractivity contribution in [3.63, 3.8) is 0 Å². The number of nitrogens with zero attached hydrogens (tertiary/aromatic N) is 1. The third-order valence-corrected chi connectivity index (χ3v) is 4.30. The molecular formula is C14H22N2OS. The van der Waals surface area contributed by atoms with E-state index in [-0.39, 0.29) is 5.91 Å². The predicted octanol–water partition coefficient (Wildman–Crippen LogP) is 2.28. The first kappa shape index (κ1) is 13.6. The van der Waals surface area contributed by atoms with Crippen LogP contribution in [0.25, 0.3) is 0 Å². The van der Waals surface area contributed by atoms with Crippen molar-refractivity contribution in [3.05, 3.63) is 22.4 Å². The monoisotopic (exact) mass is 266 g/mol. The molecule has 0 saturated carbocycles. The van der Waals surface area contributed by atoms with Gasteiger partial charge in [0, 0.05) is 24.5 Å². The van der Waals surface area contributed by atoms with Gasteiger partial charge in [-0.3, -0.25) is 4.79 Å². The molecule has 4 heteroatoms. The van der Waals surface area contributed by atoms with E-state index in [0.29, 0.717) is 6.54 Å². The number of likely N-dealkylation sites (tertiary alicyclic amines) is 1. The molecule has 3 nitrogen and oxygen atoms in total. The highest BCUT2D eigenvalue weighted by Crippen LogP contribution is 2.10. The van der Waals surface area contributed by atoms with Crippen LogP contribution >= 0.6 is 11.3 Å². The van der Waals surface area contributed by atoms with Crippen LogP contribution in [0.4, 0.5) is 0 Å². The smallest absolute Gasteiger partial charge is 0.236 e. The maximum absolute atomic E-state index is 12.0.